The number of carbonyl (C=O) groups excluding carboxylic acids is 1. The molecule has 0 aliphatic heterocycles. The Bertz CT molecular complexity index is 626. The summed E-state index contributed by atoms with van der Waals surface area (Å²) in [4.78, 5) is 20.0. The molecule has 0 spiro atoms. The maximum atomic E-state index is 11.8. The molecule has 0 aliphatic rings. The lowest BCUT2D eigenvalue weighted by atomic mass is 10.2. The number of nitrogens with two attached hydrogens (primary N) is 1. The predicted molar refractivity (Wildman–Crippen MR) is 91.5 cm³/mol. The molecule has 7 heteroatoms. The highest BCUT2D eigenvalue weighted by atomic mass is 16.6. The van der Waals surface area contributed by atoms with Crippen molar-refractivity contribution in [1.29, 1.82) is 0 Å². The molecule has 0 unspecified atom stereocenters. The standard InChI is InChI=1S/C16H25N5O2/c1-10(2)7-11(17)14(18-6)12-8-13(20-9-19-12)21-15(22)23-16(3,4)5/h7-9,18H,17H2,1-6H3,(H,19,20,21,22)/b14-11+. The van der Waals surface area contributed by atoms with Crippen LogP contribution in [0.2, 0.25) is 0 Å². The molecule has 0 fully saturated rings. The zero-order valence-corrected chi connectivity index (χ0v) is 14.5. The quantitative estimate of drug-likeness (QED) is 0.737. The highest BCUT2D eigenvalue weighted by Crippen LogP contribution is 2.16. The van der Waals surface area contributed by atoms with E-state index < -0.39 is 11.7 Å². The van der Waals surface area contributed by atoms with Crippen LogP contribution in [0.4, 0.5) is 10.6 Å². The Hall–Kier alpha value is -2.57. The van der Waals surface area contributed by atoms with Gasteiger partial charge in [-0.1, -0.05) is 5.57 Å². The summed E-state index contributed by atoms with van der Waals surface area (Å²) in [5.74, 6) is 0.335. The smallest absolute Gasteiger partial charge is 0.413 e. The summed E-state index contributed by atoms with van der Waals surface area (Å²) in [6.45, 7) is 9.28. The molecule has 1 amide bonds. The Labute approximate surface area is 137 Å². The molecule has 1 aromatic heterocycles. The van der Waals surface area contributed by atoms with E-state index in [1.807, 2.05) is 19.9 Å². The molecule has 4 N–H and O–H groups in total. The van der Waals surface area contributed by atoms with Gasteiger partial charge in [0, 0.05) is 13.1 Å². The van der Waals surface area contributed by atoms with E-state index in [9.17, 15) is 4.79 Å². The van der Waals surface area contributed by atoms with Crippen molar-refractivity contribution in [1.82, 2.24) is 15.3 Å². The van der Waals surface area contributed by atoms with Crippen LogP contribution >= 0.6 is 0 Å². The van der Waals surface area contributed by atoms with Crippen molar-refractivity contribution in [3.63, 3.8) is 0 Å². The van der Waals surface area contributed by atoms with Gasteiger partial charge in [0.2, 0.25) is 0 Å². The van der Waals surface area contributed by atoms with Crippen LogP contribution in [0.25, 0.3) is 5.70 Å². The molecule has 0 aromatic carbocycles. The minimum absolute atomic E-state index is 0.335. The summed E-state index contributed by atoms with van der Waals surface area (Å²) < 4.78 is 5.20. The van der Waals surface area contributed by atoms with E-state index >= 15 is 0 Å². The molecule has 0 saturated carbocycles. The van der Waals surface area contributed by atoms with Crippen LogP contribution in [-0.4, -0.2) is 28.7 Å². The fraction of sp³-hybridized carbons (Fsp3) is 0.438. The average molecular weight is 319 g/mol. The summed E-state index contributed by atoms with van der Waals surface area (Å²) in [7, 11) is 1.75. The molecule has 0 atom stereocenters. The van der Waals surface area contributed by atoms with Crippen LogP contribution in [0.15, 0.2) is 29.7 Å². The van der Waals surface area contributed by atoms with E-state index in [1.165, 1.54) is 6.33 Å². The molecule has 0 aliphatic carbocycles. The van der Waals surface area contributed by atoms with Gasteiger partial charge in [-0.25, -0.2) is 14.8 Å². The van der Waals surface area contributed by atoms with Crippen LogP contribution in [0.5, 0.6) is 0 Å². The molecule has 7 nitrogen and oxygen atoms in total. The van der Waals surface area contributed by atoms with Gasteiger partial charge in [0.15, 0.2) is 0 Å². The van der Waals surface area contributed by atoms with Crippen LogP contribution in [0.1, 0.15) is 40.3 Å². The predicted octanol–water partition coefficient (Wildman–Crippen LogP) is 2.64. The third-order valence-electron chi connectivity index (χ3n) is 2.54. The summed E-state index contributed by atoms with van der Waals surface area (Å²) in [6, 6.07) is 1.63. The van der Waals surface area contributed by atoms with Crippen molar-refractivity contribution in [2.24, 2.45) is 5.73 Å². The number of ether oxygens (including phenoxy) is 1. The Morgan fingerprint density at radius 3 is 2.48 bits per heavy atom. The molecule has 1 rings (SSSR count). The summed E-state index contributed by atoms with van der Waals surface area (Å²) in [6.07, 6.45) is 2.62. The number of hydrogen-bond acceptors (Lipinski definition) is 6. The van der Waals surface area contributed by atoms with Gasteiger partial charge in [-0.2, -0.15) is 0 Å². The van der Waals surface area contributed by atoms with E-state index in [0.29, 0.717) is 22.9 Å². The van der Waals surface area contributed by atoms with Crippen molar-refractivity contribution in [3.05, 3.63) is 35.4 Å². The van der Waals surface area contributed by atoms with Crippen molar-refractivity contribution in [3.8, 4) is 0 Å². The Kier molecular flexibility index (Phi) is 6.12. The molecule has 1 aromatic rings. The van der Waals surface area contributed by atoms with Gasteiger partial charge in [0.05, 0.1) is 17.1 Å². The molecule has 0 saturated heterocycles. The van der Waals surface area contributed by atoms with Gasteiger partial charge >= 0.3 is 6.09 Å². The van der Waals surface area contributed by atoms with Gasteiger partial charge in [-0.3, -0.25) is 5.32 Å². The van der Waals surface area contributed by atoms with Crippen molar-refractivity contribution < 1.29 is 9.53 Å². The number of anilines is 1. The first kappa shape index (κ1) is 18.5. The molecule has 0 radical (unpaired) electrons. The van der Waals surface area contributed by atoms with Crippen LogP contribution < -0.4 is 16.4 Å². The minimum atomic E-state index is -0.580. The molecular weight excluding hydrogens is 294 g/mol. The zero-order valence-electron chi connectivity index (χ0n) is 14.5. The van der Waals surface area contributed by atoms with E-state index in [2.05, 4.69) is 20.6 Å². The van der Waals surface area contributed by atoms with Crippen molar-refractivity contribution >= 4 is 17.6 Å². The van der Waals surface area contributed by atoms with Crippen LogP contribution in [0.3, 0.4) is 0 Å². The minimum Gasteiger partial charge on any atom is -0.444 e. The van der Waals surface area contributed by atoms with E-state index in [-0.39, 0.29) is 0 Å². The fourth-order valence-electron chi connectivity index (χ4n) is 1.77. The number of hydrogen-bond donors (Lipinski definition) is 3. The number of allylic oxidation sites excluding steroid dienone is 2. The SMILES string of the molecule is CN/C(=C(/N)C=C(C)C)c1cc(NC(=O)OC(C)(C)C)ncn1. The number of nitrogens with one attached hydrogen (secondary N) is 2. The lowest BCUT2D eigenvalue weighted by Crippen LogP contribution is -2.27. The number of aromatic nitrogens is 2. The second-order valence-electron chi connectivity index (χ2n) is 6.22. The highest BCUT2D eigenvalue weighted by Gasteiger charge is 2.17. The van der Waals surface area contributed by atoms with Crippen molar-refractivity contribution in [2.45, 2.75) is 40.2 Å². The lowest BCUT2D eigenvalue weighted by Gasteiger charge is -2.19. The second kappa shape index (κ2) is 7.62. The first-order valence-corrected chi connectivity index (χ1v) is 7.27. The topological polar surface area (TPSA) is 102 Å². The van der Waals surface area contributed by atoms with Crippen LogP contribution in [-0.2, 0) is 4.74 Å². The third kappa shape index (κ3) is 6.37. The number of amides is 1. The van der Waals surface area contributed by atoms with Crippen molar-refractivity contribution in [2.75, 3.05) is 12.4 Å². The molecule has 0 bridgehead atoms. The van der Waals surface area contributed by atoms with E-state index in [1.54, 1.807) is 33.9 Å². The largest absolute Gasteiger partial charge is 0.444 e. The third-order valence-corrected chi connectivity index (χ3v) is 2.54. The maximum absolute atomic E-state index is 11.8. The zero-order chi connectivity index (χ0) is 17.6. The number of carbonyl (C=O) groups is 1. The van der Waals surface area contributed by atoms with E-state index in [4.69, 9.17) is 10.5 Å². The first-order chi connectivity index (χ1) is 10.6. The van der Waals surface area contributed by atoms with Gasteiger partial charge in [0.25, 0.3) is 0 Å². The highest BCUT2D eigenvalue weighted by molar-refractivity contribution is 5.84. The molecule has 1 heterocycles. The molecule has 126 valence electrons. The second-order valence-corrected chi connectivity index (χ2v) is 6.22. The molecular formula is C16H25N5O2. The van der Waals surface area contributed by atoms with E-state index in [0.717, 1.165) is 5.57 Å². The Morgan fingerprint density at radius 1 is 1.30 bits per heavy atom. The first-order valence-electron chi connectivity index (χ1n) is 7.27. The van der Waals surface area contributed by atoms with Gasteiger partial charge < -0.3 is 15.8 Å². The van der Waals surface area contributed by atoms with Gasteiger partial charge in [-0.05, 0) is 40.7 Å². The normalized spacial score (nSPS) is 12.1. The summed E-state index contributed by atoms with van der Waals surface area (Å²) in [5.41, 5.74) is 8.33. The summed E-state index contributed by atoms with van der Waals surface area (Å²) in [5, 5.41) is 5.60. The Morgan fingerprint density at radius 2 is 1.96 bits per heavy atom. The number of nitrogens with zero attached hydrogens (tertiary/aromatic N) is 2. The number of rotatable bonds is 4. The monoisotopic (exact) mass is 319 g/mol. The fourth-order valence-corrected chi connectivity index (χ4v) is 1.77. The lowest BCUT2D eigenvalue weighted by molar-refractivity contribution is 0.0635. The Balaban J connectivity index is 3.04. The summed E-state index contributed by atoms with van der Waals surface area (Å²) >= 11 is 0. The van der Waals surface area contributed by atoms with Gasteiger partial charge in [-0.15, -0.1) is 0 Å². The average Bonchev–Trinajstić information content (AvgIpc) is 2.36. The molecule has 23 heavy (non-hydrogen) atoms. The van der Waals surface area contributed by atoms with Gasteiger partial charge in [0.1, 0.15) is 17.7 Å². The van der Waals surface area contributed by atoms with Crippen LogP contribution in [0, 0.1) is 0 Å². The maximum Gasteiger partial charge on any atom is 0.413 e.